The number of carboxylic acids is 1. The second-order valence-corrected chi connectivity index (χ2v) is 4.96. The van der Waals surface area contributed by atoms with E-state index in [9.17, 15) is 24.6 Å². The Bertz CT molecular complexity index is 748. The molecule has 124 valence electrons. The van der Waals surface area contributed by atoms with Crippen LogP contribution < -0.4 is 4.74 Å². The molecule has 0 aliphatic rings. The number of ketones is 1. The number of hydrogen-bond acceptors (Lipinski definition) is 6. The van der Waals surface area contributed by atoms with Crippen molar-refractivity contribution in [3.8, 4) is 11.5 Å². The Morgan fingerprint density at radius 1 is 0.958 bits per heavy atom. The van der Waals surface area contributed by atoms with E-state index in [4.69, 9.17) is 9.84 Å². The van der Waals surface area contributed by atoms with Crippen molar-refractivity contribution in [1.29, 1.82) is 0 Å². The highest BCUT2D eigenvalue weighted by Gasteiger charge is 2.20. The summed E-state index contributed by atoms with van der Waals surface area (Å²) in [5.41, 5.74) is 0.725. The summed E-state index contributed by atoms with van der Waals surface area (Å²) in [5, 5.41) is 27.6. The zero-order chi connectivity index (χ0) is 17.7. The molecule has 7 heteroatoms. The molecule has 0 saturated carbocycles. The van der Waals surface area contributed by atoms with Crippen molar-refractivity contribution >= 4 is 17.7 Å². The Morgan fingerprint density at radius 2 is 1.54 bits per heavy atom. The molecule has 0 bridgehead atoms. The lowest BCUT2D eigenvalue weighted by Gasteiger charge is -2.11. The molecule has 24 heavy (non-hydrogen) atoms. The van der Waals surface area contributed by atoms with Gasteiger partial charge in [0.2, 0.25) is 5.78 Å². The van der Waals surface area contributed by atoms with E-state index in [2.05, 4.69) is 0 Å². The fourth-order valence-corrected chi connectivity index (χ4v) is 1.90. The molecule has 2 rings (SSSR count). The molecule has 2 aromatic rings. The average molecular weight is 330 g/mol. The number of ether oxygens (including phenoxy) is 1. The molecule has 0 unspecified atom stereocenters. The molecule has 0 heterocycles. The molecule has 3 N–H and O–H groups in total. The number of phenolic OH excluding ortho intramolecular Hbond substituents is 1. The molecular weight excluding hydrogens is 316 g/mol. The third-order valence-electron chi connectivity index (χ3n) is 3.18. The number of rotatable bonds is 6. The minimum absolute atomic E-state index is 0.00538. The number of carbonyl (C=O) groups is 3. The van der Waals surface area contributed by atoms with Crippen LogP contribution in [0.2, 0.25) is 0 Å². The van der Waals surface area contributed by atoms with Gasteiger partial charge in [-0.2, -0.15) is 0 Å². The number of carbonyl (C=O) groups excluding carboxylic acids is 2. The van der Waals surface area contributed by atoms with Gasteiger partial charge in [-0.3, -0.25) is 4.79 Å². The van der Waals surface area contributed by atoms with Crippen molar-refractivity contribution < 1.29 is 34.4 Å². The van der Waals surface area contributed by atoms with Crippen molar-refractivity contribution in [3.63, 3.8) is 0 Å². The number of phenols is 1. The molecule has 0 spiro atoms. The molecule has 7 nitrogen and oxygen atoms in total. The fraction of sp³-hybridized carbons (Fsp3) is 0.118. The number of Topliss-reactive ketones (excluding diaryl/α,β-unsaturated/α-hetero) is 1. The minimum atomic E-state index is -1.51. The lowest BCUT2D eigenvalue weighted by Crippen LogP contribution is -2.18. The van der Waals surface area contributed by atoms with Crippen molar-refractivity contribution in [2.45, 2.75) is 12.5 Å². The van der Waals surface area contributed by atoms with Crippen LogP contribution in [0.1, 0.15) is 17.2 Å². The van der Waals surface area contributed by atoms with E-state index >= 15 is 0 Å². The zero-order valence-electron chi connectivity index (χ0n) is 12.4. The van der Waals surface area contributed by atoms with Gasteiger partial charge in [0.05, 0.1) is 0 Å². The fourth-order valence-electron chi connectivity index (χ4n) is 1.90. The summed E-state index contributed by atoms with van der Waals surface area (Å²) in [4.78, 5) is 33.5. The number of aliphatic hydroxyl groups excluding tert-OH is 1. The van der Waals surface area contributed by atoms with E-state index in [1.807, 2.05) is 0 Å². The molecular formula is C17H14O7. The number of benzene rings is 2. The first-order chi connectivity index (χ1) is 11.4. The van der Waals surface area contributed by atoms with E-state index < -0.39 is 23.8 Å². The first-order valence-corrected chi connectivity index (χ1v) is 6.90. The topological polar surface area (TPSA) is 121 Å². The largest absolute Gasteiger partial charge is 0.508 e. The summed E-state index contributed by atoms with van der Waals surface area (Å²) in [5.74, 6) is -3.21. The highest BCUT2D eigenvalue weighted by atomic mass is 16.5. The van der Waals surface area contributed by atoms with Crippen LogP contribution in [-0.4, -0.2) is 33.0 Å². The summed E-state index contributed by atoms with van der Waals surface area (Å²) < 4.78 is 5.02. The van der Waals surface area contributed by atoms with Gasteiger partial charge >= 0.3 is 11.9 Å². The Morgan fingerprint density at radius 3 is 2.08 bits per heavy atom. The van der Waals surface area contributed by atoms with E-state index in [-0.39, 0.29) is 23.5 Å². The Hall–Kier alpha value is -3.19. The summed E-state index contributed by atoms with van der Waals surface area (Å²) >= 11 is 0. The summed E-state index contributed by atoms with van der Waals surface area (Å²) in [6.07, 6.45) is -1.78. The van der Waals surface area contributed by atoms with Gasteiger partial charge in [-0.1, -0.05) is 24.3 Å². The van der Waals surface area contributed by atoms with Crippen molar-refractivity contribution in [3.05, 3.63) is 59.7 Å². The molecule has 0 fully saturated rings. The average Bonchev–Trinajstić information content (AvgIpc) is 2.56. The molecule has 1 atom stereocenters. The lowest BCUT2D eigenvalue weighted by molar-refractivity contribution is -0.148. The normalized spacial score (nSPS) is 11.5. The van der Waals surface area contributed by atoms with E-state index in [1.54, 1.807) is 0 Å². The standard InChI is InChI=1S/C17H14O7/c18-12-5-3-11(4-6-12)15(20)17(23)24-13-7-1-10(2-8-13)9-14(19)16(21)22/h1-8,15,18,20H,9H2,(H,21,22)/t15-/m0/s1. The first-order valence-electron chi connectivity index (χ1n) is 6.90. The lowest BCUT2D eigenvalue weighted by atomic mass is 10.1. The van der Waals surface area contributed by atoms with Crippen LogP contribution in [0.4, 0.5) is 0 Å². The summed E-state index contributed by atoms with van der Waals surface area (Å²) in [6.45, 7) is 0. The van der Waals surface area contributed by atoms with E-state index in [1.165, 1.54) is 48.5 Å². The van der Waals surface area contributed by atoms with Gasteiger partial charge < -0.3 is 20.1 Å². The van der Waals surface area contributed by atoms with Gasteiger partial charge in [-0.25, -0.2) is 9.59 Å². The van der Waals surface area contributed by atoms with Crippen LogP contribution in [0.3, 0.4) is 0 Å². The van der Waals surface area contributed by atoms with Crippen LogP contribution in [0.15, 0.2) is 48.5 Å². The Kier molecular flexibility index (Phi) is 5.28. The number of aliphatic carboxylic acids is 1. The highest BCUT2D eigenvalue weighted by molar-refractivity contribution is 6.33. The number of hydrogen-bond donors (Lipinski definition) is 3. The van der Waals surface area contributed by atoms with Crippen molar-refractivity contribution in [2.24, 2.45) is 0 Å². The van der Waals surface area contributed by atoms with Crippen LogP contribution in [-0.2, 0) is 20.8 Å². The molecule has 0 amide bonds. The zero-order valence-corrected chi connectivity index (χ0v) is 12.4. The number of aliphatic hydroxyl groups is 1. The monoisotopic (exact) mass is 330 g/mol. The third-order valence-corrected chi connectivity index (χ3v) is 3.18. The minimum Gasteiger partial charge on any atom is -0.508 e. The van der Waals surface area contributed by atoms with Crippen LogP contribution in [0, 0.1) is 0 Å². The summed E-state index contributed by atoms with van der Waals surface area (Å²) in [6, 6.07) is 11.1. The number of esters is 1. The second kappa shape index (κ2) is 7.38. The molecule has 0 saturated heterocycles. The summed E-state index contributed by atoms with van der Waals surface area (Å²) in [7, 11) is 0. The Labute approximate surface area is 136 Å². The van der Waals surface area contributed by atoms with E-state index in [0.29, 0.717) is 5.56 Å². The van der Waals surface area contributed by atoms with Gasteiger partial charge in [-0.05, 0) is 35.4 Å². The van der Waals surface area contributed by atoms with Gasteiger partial charge in [0, 0.05) is 6.42 Å². The van der Waals surface area contributed by atoms with Gasteiger partial charge in [-0.15, -0.1) is 0 Å². The van der Waals surface area contributed by atoms with Crippen molar-refractivity contribution in [2.75, 3.05) is 0 Å². The van der Waals surface area contributed by atoms with E-state index in [0.717, 1.165) is 0 Å². The maximum Gasteiger partial charge on any atom is 0.372 e. The molecule has 2 aromatic carbocycles. The molecule has 0 aliphatic heterocycles. The van der Waals surface area contributed by atoms with Crippen molar-refractivity contribution in [1.82, 2.24) is 0 Å². The first kappa shape index (κ1) is 17.2. The third kappa shape index (κ3) is 4.40. The highest BCUT2D eigenvalue weighted by Crippen LogP contribution is 2.20. The maximum absolute atomic E-state index is 11.9. The number of aromatic hydroxyl groups is 1. The predicted octanol–water partition coefficient (Wildman–Crippen LogP) is 1.23. The molecule has 0 aromatic heterocycles. The van der Waals surface area contributed by atoms with Crippen LogP contribution in [0.25, 0.3) is 0 Å². The SMILES string of the molecule is O=C(O)C(=O)Cc1ccc(OC(=O)[C@@H](O)c2ccc(O)cc2)cc1. The number of carboxylic acid groups (broad SMARTS) is 1. The Balaban J connectivity index is 2.00. The molecule has 0 radical (unpaired) electrons. The van der Waals surface area contributed by atoms with Crippen LogP contribution >= 0.6 is 0 Å². The van der Waals surface area contributed by atoms with Gasteiger partial charge in [0.25, 0.3) is 0 Å². The smallest absolute Gasteiger partial charge is 0.372 e. The quantitative estimate of drug-likeness (QED) is 0.414. The second-order valence-electron chi connectivity index (χ2n) is 4.96. The van der Waals surface area contributed by atoms with Gasteiger partial charge in [0.1, 0.15) is 11.5 Å². The van der Waals surface area contributed by atoms with Gasteiger partial charge in [0.15, 0.2) is 6.10 Å². The predicted molar refractivity (Wildman–Crippen MR) is 81.5 cm³/mol. The maximum atomic E-state index is 11.9. The van der Waals surface area contributed by atoms with Crippen LogP contribution in [0.5, 0.6) is 11.5 Å². The molecule has 0 aliphatic carbocycles.